The average molecular weight is 171 g/mol. The minimum atomic E-state index is 0.0278. The number of para-hydroxylation sites is 1. The van der Waals surface area contributed by atoms with E-state index in [4.69, 9.17) is 10.8 Å². The Morgan fingerprint density at radius 2 is 1.73 bits per heavy atom. The van der Waals surface area contributed by atoms with Gasteiger partial charge in [0.15, 0.2) is 0 Å². The molecule has 0 radical (unpaired) electrons. The van der Waals surface area contributed by atoms with Crippen molar-refractivity contribution >= 4 is 12.6 Å². The molecule has 0 bridgehead atoms. The number of benzene rings is 1. The van der Waals surface area contributed by atoms with Crippen LogP contribution in [0, 0.1) is 0 Å². The van der Waals surface area contributed by atoms with E-state index >= 15 is 0 Å². The van der Waals surface area contributed by atoms with E-state index in [-0.39, 0.29) is 5.37 Å². The van der Waals surface area contributed by atoms with Crippen molar-refractivity contribution in [2.75, 3.05) is 0 Å². The van der Waals surface area contributed by atoms with Gasteiger partial charge >= 0.3 is 0 Å². The lowest BCUT2D eigenvalue weighted by molar-refractivity contribution is 0.475. The number of phenolic OH excluding ortho intramolecular Hbond substituents is 1. The van der Waals surface area contributed by atoms with E-state index in [0.29, 0.717) is 5.75 Å². The molecule has 3 N–H and O–H groups in total. The summed E-state index contributed by atoms with van der Waals surface area (Å²) in [5.74, 6) is 0.322. The van der Waals surface area contributed by atoms with Crippen LogP contribution < -0.4 is 5.73 Å². The lowest BCUT2D eigenvalue weighted by Crippen LogP contribution is -2.03. The number of aromatic hydroxyl groups is 1. The van der Waals surface area contributed by atoms with Crippen LogP contribution in [0.4, 0.5) is 0 Å². The van der Waals surface area contributed by atoms with Gasteiger partial charge in [-0.05, 0) is 19.1 Å². The van der Waals surface area contributed by atoms with Crippen LogP contribution in [-0.4, -0.2) is 10.5 Å². The normalized spacial score (nSPS) is 11.2. The Labute approximate surface area is 72.5 Å². The lowest BCUT2D eigenvalue weighted by atomic mass is 10.3. The van der Waals surface area contributed by atoms with Crippen LogP contribution in [0.2, 0.25) is 0 Å². The molecule has 0 aliphatic rings. The number of rotatable bonds is 0. The van der Waals surface area contributed by atoms with E-state index in [0.717, 1.165) is 0 Å². The molecule has 0 heterocycles. The molecule has 1 aromatic rings. The first-order valence-electron chi connectivity index (χ1n) is 3.30. The van der Waals surface area contributed by atoms with E-state index < -0.39 is 0 Å². The standard InChI is InChI=1S/C6H6O.C2H7NS/c7-6-4-2-1-3-5-6;1-2(3)4/h1-5,7H;2,4H,3H2,1H3. The smallest absolute Gasteiger partial charge is 0.115 e. The number of hydrogen-bond donors (Lipinski definition) is 3. The van der Waals surface area contributed by atoms with Gasteiger partial charge in [0, 0.05) is 5.37 Å². The summed E-state index contributed by atoms with van der Waals surface area (Å²) in [7, 11) is 0. The maximum Gasteiger partial charge on any atom is 0.115 e. The molecule has 0 amide bonds. The highest BCUT2D eigenvalue weighted by Gasteiger charge is 1.74. The number of nitrogens with two attached hydrogens (primary N) is 1. The average Bonchev–Trinajstić information content (AvgIpc) is 1.87. The van der Waals surface area contributed by atoms with Gasteiger partial charge in [0.1, 0.15) is 5.75 Å². The Balaban J connectivity index is 0.000000218. The summed E-state index contributed by atoms with van der Waals surface area (Å²) in [5.41, 5.74) is 4.98. The highest BCUT2D eigenvalue weighted by atomic mass is 32.1. The molecule has 0 spiro atoms. The molecule has 0 saturated carbocycles. The lowest BCUT2D eigenvalue weighted by Gasteiger charge is -1.82. The highest BCUT2D eigenvalue weighted by Crippen LogP contribution is 2.02. The van der Waals surface area contributed by atoms with Crippen LogP contribution in [0.5, 0.6) is 5.75 Å². The van der Waals surface area contributed by atoms with Crippen LogP contribution in [0.1, 0.15) is 6.92 Å². The summed E-state index contributed by atoms with van der Waals surface area (Å²) in [6, 6.07) is 8.71. The summed E-state index contributed by atoms with van der Waals surface area (Å²) in [4.78, 5) is 0. The van der Waals surface area contributed by atoms with E-state index in [1.165, 1.54) is 0 Å². The molecule has 0 aliphatic heterocycles. The third-order valence-electron chi connectivity index (χ3n) is 0.756. The third-order valence-corrected chi connectivity index (χ3v) is 0.756. The summed E-state index contributed by atoms with van der Waals surface area (Å²) in [6.07, 6.45) is 0. The summed E-state index contributed by atoms with van der Waals surface area (Å²) in [6.45, 7) is 1.81. The van der Waals surface area contributed by atoms with Gasteiger partial charge < -0.3 is 10.8 Å². The van der Waals surface area contributed by atoms with Crippen molar-refractivity contribution in [1.82, 2.24) is 0 Å². The van der Waals surface area contributed by atoms with E-state index in [1.807, 2.05) is 13.0 Å². The fraction of sp³-hybridized carbons (Fsp3) is 0.250. The quantitative estimate of drug-likeness (QED) is 0.410. The van der Waals surface area contributed by atoms with Gasteiger partial charge in [0.25, 0.3) is 0 Å². The predicted octanol–water partition coefficient (Wildman–Crippen LogP) is 1.61. The molecule has 3 heteroatoms. The molecule has 0 aliphatic carbocycles. The van der Waals surface area contributed by atoms with Gasteiger partial charge in [-0.2, -0.15) is 12.6 Å². The predicted molar refractivity (Wildman–Crippen MR) is 50.7 cm³/mol. The Morgan fingerprint density at radius 1 is 1.36 bits per heavy atom. The molecular weight excluding hydrogens is 158 g/mol. The van der Waals surface area contributed by atoms with Crippen LogP contribution >= 0.6 is 12.6 Å². The van der Waals surface area contributed by atoms with Crippen LogP contribution in [0.3, 0.4) is 0 Å². The Bertz CT molecular complexity index is 174. The molecule has 1 aromatic carbocycles. The zero-order valence-electron chi connectivity index (χ0n) is 6.44. The number of hydrogen-bond acceptors (Lipinski definition) is 3. The van der Waals surface area contributed by atoms with Crippen molar-refractivity contribution in [2.45, 2.75) is 12.3 Å². The molecule has 0 aromatic heterocycles. The molecule has 2 nitrogen and oxygen atoms in total. The van der Waals surface area contributed by atoms with Gasteiger partial charge in [-0.1, -0.05) is 18.2 Å². The van der Waals surface area contributed by atoms with Gasteiger partial charge in [-0.3, -0.25) is 0 Å². The zero-order valence-corrected chi connectivity index (χ0v) is 7.33. The summed E-state index contributed by atoms with van der Waals surface area (Å²) < 4.78 is 0. The first kappa shape index (κ1) is 10.3. The second-order valence-corrected chi connectivity index (χ2v) is 2.89. The Morgan fingerprint density at radius 3 is 1.91 bits per heavy atom. The fourth-order valence-electron chi connectivity index (χ4n) is 0.428. The van der Waals surface area contributed by atoms with Crippen LogP contribution in [-0.2, 0) is 0 Å². The van der Waals surface area contributed by atoms with Gasteiger partial charge in [-0.15, -0.1) is 0 Å². The first-order chi connectivity index (χ1) is 5.13. The van der Waals surface area contributed by atoms with E-state index in [1.54, 1.807) is 24.3 Å². The molecule has 1 atom stereocenters. The van der Waals surface area contributed by atoms with Crippen molar-refractivity contribution < 1.29 is 5.11 Å². The zero-order chi connectivity index (χ0) is 8.69. The van der Waals surface area contributed by atoms with Gasteiger partial charge in [0.2, 0.25) is 0 Å². The molecular formula is C8H13NOS. The molecule has 1 rings (SSSR count). The van der Waals surface area contributed by atoms with Crippen molar-refractivity contribution in [1.29, 1.82) is 0 Å². The largest absolute Gasteiger partial charge is 0.508 e. The minimum Gasteiger partial charge on any atom is -0.508 e. The molecule has 0 fully saturated rings. The number of thiol groups is 1. The van der Waals surface area contributed by atoms with E-state index in [2.05, 4.69) is 12.6 Å². The topological polar surface area (TPSA) is 46.2 Å². The number of phenols is 1. The van der Waals surface area contributed by atoms with E-state index in [9.17, 15) is 0 Å². The van der Waals surface area contributed by atoms with Crippen molar-refractivity contribution in [2.24, 2.45) is 5.73 Å². The minimum absolute atomic E-state index is 0.0278. The molecule has 1 unspecified atom stereocenters. The molecule has 62 valence electrons. The maximum atomic E-state index is 8.63. The second-order valence-electron chi connectivity index (χ2n) is 2.08. The van der Waals surface area contributed by atoms with Crippen LogP contribution in [0.25, 0.3) is 0 Å². The monoisotopic (exact) mass is 171 g/mol. The third kappa shape index (κ3) is 9.33. The first-order valence-corrected chi connectivity index (χ1v) is 3.82. The highest BCUT2D eigenvalue weighted by molar-refractivity contribution is 7.80. The Kier molecular flexibility index (Phi) is 5.70. The fourth-order valence-corrected chi connectivity index (χ4v) is 0.428. The van der Waals surface area contributed by atoms with Gasteiger partial charge in [-0.25, -0.2) is 0 Å². The molecule has 0 saturated heterocycles. The van der Waals surface area contributed by atoms with Crippen molar-refractivity contribution in [3.63, 3.8) is 0 Å². The van der Waals surface area contributed by atoms with Crippen molar-refractivity contribution in [3.8, 4) is 5.75 Å². The summed E-state index contributed by atoms with van der Waals surface area (Å²) in [5, 5.41) is 8.66. The second kappa shape index (κ2) is 6.07. The summed E-state index contributed by atoms with van der Waals surface area (Å²) >= 11 is 3.74. The maximum absolute atomic E-state index is 8.63. The molecule has 11 heavy (non-hydrogen) atoms. The van der Waals surface area contributed by atoms with Crippen LogP contribution in [0.15, 0.2) is 30.3 Å². The Hall–Kier alpha value is -0.670. The van der Waals surface area contributed by atoms with Crippen molar-refractivity contribution in [3.05, 3.63) is 30.3 Å². The SMILES string of the molecule is CC(N)S.Oc1ccccc1. The van der Waals surface area contributed by atoms with Gasteiger partial charge in [0.05, 0.1) is 0 Å².